The number of fused-ring (bicyclic) bond motifs is 1. The van der Waals surface area contributed by atoms with Gasteiger partial charge in [-0.1, -0.05) is 36.4 Å². The second kappa shape index (κ2) is 5.98. The van der Waals surface area contributed by atoms with Gasteiger partial charge in [0.15, 0.2) is 0 Å². The van der Waals surface area contributed by atoms with Crippen LogP contribution in [0.25, 0.3) is 10.9 Å². The molecule has 1 aromatic heterocycles. The molecule has 0 saturated carbocycles. The number of nitrogens with zero attached hydrogens (tertiary/aromatic N) is 1. The van der Waals surface area contributed by atoms with Gasteiger partial charge in [0.2, 0.25) is 0 Å². The summed E-state index contributed by atoms with van der Waals surface area (Å²) in [5, 5.41) is 4.85. The van der Waals surface area contributed by atoms with Crippen molar-refractivity contribution in [3.05, 3.63) is 71.9 Å². The van der Waals surface area contributed by atoms with Gasteiger partial charge in [-0.2, -0.15) is 0 Å². The Morgan fingerprint density at radius 3 is 2.41 bits per heavy atom. The van der Waals surface area contributed by atoms with Crippen molar-refractivity contribution >= 4 is 10.9 Å². The van der Waals surface area contributed by atoms with E-state index in [0.29, 0.717) is 0 Å². The van der Waals surface area contributed by atoms with Crippen molar-refractivity contribution < 1.29 is 0 Å². The first-order chi connectivity index (χ1) is 10.5. The van der Waals surface area contributed by atoms with E-state index in [2.05, 4.69) is 91.4 Å². The lowest BCUT2D eigenvalue weighted by atomic mass is 10.1. The second-order valence-electron chi connectivity index (χ2n) is 6.93. The lowest BCUT2D eigenvalue weighted by Gasteiger charge is -2.20. The molecule has 0 aliphatic heterocycles. The van der Waals surface area contributed by atoms with E-state index in [4.69, 9.17) is 0 Å². The highest BCUT2D eigenvalue weighted by atomic mass is 15.0. The third-order valence-electron chi connectivity index (χ3n) is 3.85. The number of benzene rings is 2. The minimum Gasteiger partial charge on any atom is -0.343 e. The van der Waals surface area contributed by atoms with Crippen LogP contribution in [0.15, 0.2) is 60.8 Å². The van der Waals surface area contributed by atoms with Crippen LogP contribution >= 0.6 is 0 Å². The summed E-state index contributed by atoms with van der Waals surface area (Å²) in [6, 6.07) is 19.6. The zero-order valence-corrected chi connectivity index (χ0v) is 13.6. The molecular weight excluding hydrogens is 268 g/mol. The standard InChI is InChI=1S/C20H24N2/c1-20(2,3)21-14-17-9-10-19-18(13-17)11-12-22(19)15-16-7-5-4-6-8-16/h4-13,21H,14-15H2,1-3H3. The highest BCUT2D eigenvalue weighted by Crippen LogP contribution is 2.19. The molecule has 0 bridgehead atoms. The Balaban J connectivity index is 1.80. The Bertz CT molecular complexity index is 748. The van der Waals surface area contributed by atoms with E-state index in [1.165, 1.54) is 22.0 Å². The molecule has 0 atom stereocenters. The van der Waals surface area contributed by atoms with Crippen LogP contribution in [0.3, 0.4) is 0 Å². The first kappa shape index (κ1) is 14.9. The Hall–Kier alpha value is -2.06. The molecule has 0 unspecified atom stereocenters. The Morgan fingerprint density at radius 1 is 0.909 bits per heavy atom. The van der Waals surface area contributed by atoms with Gasteiger partial charge >= 0.3 is 0 Å². The predicted molar refractivity (Wildman–Crippen MR) is 94.1 cm³/mol. The van der Waals surface area contributed by atoms with Crippen LogP contribution in [0, 0.1) is 0 Å². The van der Waals surface area contributed by atoms with Crippen molar-refractivity contribution in [3.8, 4) is 0 Å². The van der Waals surface area contributed by atoms with Gasteiger partial charge in [0.1, 0.15) is 0 Å². The monoisotopic (exact) mass is 292 g/mol. The summed E-state index contributed by atoms with van der Waals surface area (Å²) < 4.78 is 2.31. The molecule has 0 aliphatic rings. The summed E-state index contributed by atoms with van der Waals surface area (Å²) in [6.45, 7) is 8.42. The van der Waals surface area contributed by atoms with Crippen molar-refractivity contribution in [3.63, 3.8) is 0 Å². The molecule has 0 saturated heterocycles. The van der Waals surface area contributed by atoms with Crippen molar-refractivity contribution in [2.24, 2.45) is 0 Å². The maximum Gasteiger partial charge on any atom is 0.0483 e. The number of rotatable bonds is 4. The summed E-state index contributed by atoms with van der Waals surface area (Å²) in [6.07, 6.45) is 2.18. The molecule has 22 heavy (non-hydrogen) atoms. The summed E-state index contributed by atoms with van der Waals surface area (Å²) >= 11 is 0. The van der Waals surface area contributed by atoms with Crippen molar-refractivity contribution in [1.29, 1.82) is 0 Å². The number of aromatic nitrogens is 1. The third kappa shape index (κ3) is 3.58. The average molecular weight is 292 g/mol. The van der Waals surface area contributed by atoms with E-state index in [-0.39, 0.29) is 5.54 Å². The molecule has 0 aliphatic carbocycles. The van der Waals surface area contributed by atoms with Crippen LogP contribution in [0.5, 0.6) is 0 Å². The maximum absolute atomic E-state index is 3.54. The lowest BCUT2D eigenvalue weighted by Crippen LogP contribution is -2.35. The minimum absolute atomic E-state index is 0.147. The highest BCUT2D eigenvalue weighted by molar-refractivity contribution is 5.81. The van der Waals surface area contributed by atoms with E-state index < -0.39 is 0 Å². The van der Waals surface area contributed by atoms with E-state index in [1.807, 2.05) is 0 Å². The van der Waals surface area contributed by atoms with Gasteiger partial charge in [-0.15, -0.1) is 0 Å². The molecule has 2 aromatic carbocycles. The zero-order chi connectivity index (χ0) is 15.6. The Labute approximate surface area is 132 Å². The normalized spacial score (nSPS) is 12.0. The first-order valence-electron chi connectivity index (χ1n) is 7.88. The van der Waals surface area contributed by atoms with Crippen LogP contribution in [-0.4, -0.2) is 10.1 Å². The number of hydrogen-bond acceptors (Lipinski definition) is 1. The SMILES string of the molecule is CC(C)(C)NCc1ccc2c(ccn2Cc2ccccc2)c1. The molecule has 114 valence electrons. The van der Waals surface area contributed by atoms with Crippen LogP contribution < -0.4 is 5.32 Å². The molecule has 3 rings (SSSR count). The topological polar surface area (TPSA) is 17.0 Å². The molecule has 3 aromatic rings. The fourth-order valence-corrected chi connectivity index (χ4v) is 2.64. The van der Waals surface area contributed by atoms with Gasteiger partial charge in [0.05, 0.1) is 0 Å². The quantitative estimate of drug-likeness (QED) is 0.745. The zero-order valence-electron chi connectivity index (χ0n) is 13.6. The molecular formula is C20H24N2. The van der Waals surface area contributed by atoms with Crippen LogP contribution in [0.2, 0.25) is 0 Å². The smallest absolute Gasteiger partial charge is 0.0483 e. The van der Waals surface area contributed by atoms with Gasteiger partial charge in [0.25, 0.3) is 0 Å². The fraction of sp³-hybridized carbons (Fsp3) is 0.300. The molecule has 0 amide bonds. The van der Waals surface area contributed by atoms with Crippen LogP contribution in [0.1, 0.15) is 31.9 Å². The second-order valence-corrected chi connectivity index (χ2v) is 6.93. The fourth-order valence-electron chi connectivity index (χ4n) is 2.64. The van der Waals surface area contributed by atoms with E-state index in [0.717, 1.165) is 13.1 Å². The third-order valence-corrected chi connectivity index (χ3v) is 3.85. The average Bonchev–Trinajstić information content (AvgIpc) is 2.88. The molecule has 1 N–H and O–H groups in total. The van der Waals surface area contributed by atoms with Crippen molar-refractivity contribution in [2.75, 3.05) is 0 Å². The van der Waals surface area contributed by atoms with Crippen molar-refractivity contribution in [2.45, 2.75) is 39.4 Å². The molecule has 2 nitrogen and oxygen atoms in total. The maximum atomic E-state index is 3.54. The Morgan fingerprint density at radius 2 is 1.68 bits per heavy atom. The molecule has 0 fully saturated rings. The van der Waals surface area contributed by atoms with E-state index in [1.54, 1.807) is 0 Å². The largest absolute Gasteiger partial charge is 0.343 e. The summed E-state index contributed by atoms with van der Waals surface area (Å²) in [5.41, 5.74) is 4.11. The van der Waals surface area contributed by atoms with Gasteiger partial charge in [-0.25, -0.2) is 0 Å². The predicted octanol–water partition coefficient (Wildman–Crippen LogP) is 4.58. The minimum atomic E-state index is 0.147. The van der Waals surface area contributed by atoms with Crippen LogP contribution in [-0.2, 0) is 13.1 Å². The number of nitrogens with one attached hydrogen (secondary N) is 1. The highest BCUT2D eigenvalue weighted by Gasteiger charge is 2.09. The summed E-state index contributed by atoms with van der Waals surface area (Å²) in [4.78, 5) is 0. The molecule has 2 heteroatoms. The van der Waals surface area contributed by atoms with Gasteiger partial charge in [0, 0.05) is 30.3 Å². The van der Waals surface area contributed by atoms with E-state index >= 15 is 0 Å². The Kier molecular flexibility index (Phi) is 4.04. The van der Waals surface area contributed by atoms with Gasteiger partial charge < -0.3 is 9.88 Å². The molecule has 0 spiro atoms. The van der Waals surface area contributed by atoms with Gasteiger partial charge in [-0.3, -0.25) is 0 Å². The van der Waals surface area contributed by atoms with E-state index in [9.17, 15) is 0 Å². The van der Waals surface area contributed by atoms with Gasteiger partial charge in [-0.05, 0) is 55.5 Å². The molecule has 1 heterocycles. The summed E-state index contributed by atoms with van der Waals surface area (Å²) in [7, 11) is 0. The number of hydrogen-bond donors (Lipinski definition) is 1. The molecule has 0 radical (unpaired) electrons. The van der Waals surface area contributed by atoms with Crippen LogP contribution in [0.4, 0.5) is 0 Å². The first-order valence-corrected chi connectivity index (χ1v) is 7.88. The lowest BCUT2D eigenvalue weighted by molar-refractivity contribution is 0.424. The van der Waals surface area contributed by atoms with Crippen molar-refractivity contribution in [1.82, 2.24) is 9.88 Å². The summed E-state index contributed by atoms with van der Waals surface area (Å²) in [5.74, 6) is 0.